The average Bonchev–Trinajstić information content (AvgIpc) is 2.50. The fourth-order valence-electron chi connectivity index (χ4n) is 2.66. The van der Waals surface area contributed by atoms with E-state index >= 15 is 0 Å². The van der Waals surface area contributed by atoms with Gasteiger partial charge in [0.2, 0.25) is 0 Å². The van der Waals surface area contributed by atoms with Gasteiger partial charge in [0.1, 0.15) is 0 Å². The summed E-state index contributed by atoms with van der Waals surface area (Å²) in [6, 6.07) is 17.2. The lowest BCUT2D eigenvalue weighted by Crippen LogP contribution is -2.21. The maximum Gasteiger partial charge on any atom is 0.0478 e. The summed E-state index contributed by atoms with van der Waals surface area (Å²) >= 11 is 3.49. The lowest BCUT2D eigenvalue weighted by atomic mass is 9.98. The molecule has 0 amide bonds. The third-order valence-electron chi connectivity index (χ3n) is 3.71. The molecule has 3 rings (SSSR count). The Morgan fingerprint density at radius 1 is 1.10 bits per heavy atom. The van der Waals surface area contributed by atoms with Crippen LogP contribution in [0.4, 0.5) is 0 Å². The van der Waals surface area contributed by atoms with Crippen LogP contribution in [0.5, 0.6) is 0 Å². The van der Waals surface area contributed by atoms with Gasteiger partial charge in [0.25, 0.3) is 0 Å². The number of hydrogen-bond acceptors (Lipinski definition) is 1. The molecule has 0 spiro atoms. The predicted octanol–water partition coefficient (Wildman–Crippen LogP) is 5.38. The summed E-state index contributed by atoms with van der Waals surface area (Å²) in [6.07, 6.45) is 7.52. The molecule has 0 unspecified atom stereocenters. The van der Waals surface area contributed by atoms with Crippen LogP contribution in [-0.2, 0) is 13.0 Å². The zero-order valence-electron chi connectivity index (χ0n) is 12.1. The number of benzene rings is 2. The van der Waals surface area contributed by atoms with Crippen LogP contribution in [0.3, 0.4) is 0 Å². The molecular formula is C19H18BrN. The van der Waals surface area contributed by atoms with Crippen LogP contribution in [0.1, 0.15) is 23.6 Å². The summed E-state index contributed by atoms with van der Waals surface area (Å²) in [5, 5.41) is 0. The van der Waals surface area contributed by atoms with E-state index in [1.54, 1.807) is 0 Å². The third-order valence-corrected chi connectivity index (χ3v) is 4.24. The molecule has 0 fully saturated rings. The van der Waals surface area contributed by atoms with Crippen molar-refractivity contribution in [2.75, 3.05) is 0 Å². The topological polar surface area (TPSA) is 3.24 Å². The number of rotatable bonds is 3. The highest BCUT2D eigenvalue weighted by molar-refractivity contribution is 9.10. The molecule has 0 N–H and O–H groups in total. The molecule has 1 heterocycles. The van der Waals surface area contributed by atoms with Crippen molar-refractivity contribution in [3.8, 4) is 0 Å². The van der Waals surface area contributed by atoms with E-state index in [2.05, 4.69) is 94.6 Å². The maximum atomic E-state index is 3.49. The van der Waals surface area contributed by atoms with Gasteiger partial charge < -0.3 is 4.90 Å². The second-order valence-corrected chi connectivity index (χ2v) is 6.16. The fourth-order valence-corrected chi connectivity index (χ4v) is 2.92. The summed E-state index contributed by atoms with van der Waals surface area (Å²) in [4.78, 5) is 2.34. The highest BCUT2D eigenvalue weighted by Gasteiger charge is 2.15. The molecule has 0 saturated carbocycles. The molecule has 0 bridgehead atoms. The van der Waals surface area contributed by atoms with E-state index in [-0.39, 0.29) is 0 Å². The summed E-state index contributed by atoms with van der Waals surface area (Å²) in [6.45, 7) is 3.01. The van der Waals surface area contributed by atoms with E-state index in [9.17, 15) is 0 Å². The lowest BCUT2D eigenvalue weighted by Gasteiger charge is -2.29. The number of halogens is 1. The van der Waals surface area contributed by atoms with Crippen LogP contribution < -0.4 is 0 Å². The van der Waals surface area contributed by atoms with Crippen LogP contribution in [0.2, 0.25) is 0 Å². The first kappa shape index (κ1) is 14.2. The van der Waals surface area contributed by atoms with Crippen LogP contribution in [0.25, 0.3) is 6.08 Å². The number of hydrogen-bond donors (Lipinski definition) is 0. The highest BCUT2D eigenvalue weighted by Crippen LogP contribution is 2.27. The van der Waals surface area contributed by atoms with Gasteiger partial charge in [-0.25, -0.2) is 0 Å². The van der Waals surface area contributed by atoms with E-state index < -0.39 is 0 Å². The normalized spacial score (nSPS) is 14.2. The molecule has 1 aliphatic rings. The smallest absolute Gasteiger partial charge is 0.0478 e. The Labute approximate surface area is 134 Å². The zero-order chi connectivity index (χ0) is 14.7. The van der Waals surface area contributed by atoms with Crippen molar-refractivity contribution in [3.63, 3.8) is 0 Å². The summed E-state index contributed by atoms with van der Waals surface area (Å²) in [5.41, 5.74) is 5.40. The monoisotopic (exact) mass is 339 g/mol. The van der Waals surface area contributed by atoms with Gasteiger partial charge in [-0.05, 0) is 48.0 Å². The van der Waals surface area contributed by atoms with Crippen molar-refractivity contribution in [3.05, 3.63) is 87.7 Å². The minimum atomic E-state index is 0.947. The van der Waals surface area contributed by atoms with Crippen molar-refractivity contribution < 1.29 is 0 Å². The molecule has 2 aromatic carbocycles. The van der Waals surface area contributed by atoms with Crippen molar-refractivity contribution >= 4 is 22.0 Å². The highest BCUT2D eigenvalue weighted by atomic mass is 79.9. The standard InChI is InChI=1S/C19H18BrN/c1-2-11-21-14-17-6-4-3-5-16(17)13-19(21)12-15-7-9-18(20)10-8-15/h2-11,13H,12,14H2,1H3. The first-order valence-corrected chi connectivity index (χ1v) is 7.98. The predicted molar refractivity (Wildman–Crippen MR) is 92.6 cm³/mol. The minimum Gasteiger partial charge on any atom is -0.347 e. The zero-order valence-corrected chi connectivity index (χ0v) is 13.7. The molecule has 2 heteroatoms. The summed E-state index contributed by atoms with van der Waals surface area (Å²) in [7, 11) is 0. The van der Waals surface area contributed by atoms with Gasteiger partial charge in [-0.3, -0.25) is 0 Å². The number of fused-ring (bicyclic) bond motifs is 1. The molecule has 1 nitrogen and oxygen atoms in total. The maximum absolute atomic E-state index is 3.49. The van der Waals surface area contributed by atoms with Crippen LogP contribution >= 0.6 is 15.9 Å². The SMILES string of the molecule is CC=CN1Cc2ccccc2C=C1Cc1ccc(Br)cc1. The summed E-state index contributed by atoms with van der Waals surface area (Å²) in [5.74, 6) is 0. The third kappa shape index (κ3) is 3.27. The first-order chi connectivity index (χ1) is 10.3. The van der Waals surface area contributed by atoms with Gasteiger partial charge >= 0.3 is 0 Å². The lowest BCUT2D eigenvalue weighted by molar-refractivity contribution is 0.444. The average molecular weight is 340 g/mol. The molecule has 0 aliphatic carbocycles. The van der Waals surface area contributed by atoms with Crippen LogP contribution in [0, 0.1) is 0 Å². The van der Waals surface area contributed by atoms with E-state index in [1.807, 2.05) is 0 Å². The molecule has 0 saturated heterocycles. The molecule has 0 aromatic heterocycles. The first-order valence-electron chi connectivity index (χ1n) is 7.18. The Balaban J connectivity index is 1.93. The van der Waals surface area contributed by atoms with E-state index in [1.165, 1.54) is 22.4 Å². The fraction of sp³-hybridized carbons (Fsp3) is 0.158. The Morgan fingerprint density at radius 3 is 2.62 bits per heavy atom. The molecule has 0 atom stereocenters. The van der Waals surface area contributed by atoms with Crippen molar-refractivity contribution in [2.24, 2.45) is 0 Å². The molecule has 21 heavy (non-hydrogen) atoms. The van der Waals surface area contributed by atoms with Gasteiger partial charge in [0, 0.05) is 23.1 Å². The van der Waals surface area contributed by atoms with Gasteiger partial charge in [0.05, 0.1) is 0 Å². The number of nitrogens with zero attached hydrogens (tertiary/aromatic N) is 1. The Kier molecular flexibility index (Phi) is 4.26. The van der Waals surface area contributed by atoms with Crippen LogP contribution in [0.15, 0.2) is 71.0 Å². The van der Waals surface area contributed by atoms with Crippen molar-refractivity contribution in [1.82, 2.24) is 4.90 Å². The second kappa shape index (κ2) is 6.31. The minimum absolute atomic E-state index is 0.947. The van der Waals surface area contributed by atoms with E-state index in [0.29, 0.717) is 0 Å². The largest absolute Gasteiger partial charge is 0.347 e. The van der Waals surface area contributed by atoms with Crippen molar-refractivity contribution in [1.29, 1.82) is 0 Å². The van der Waals surface area contributed by atoms with E-state index in [0.717, 1.165) is 17.4 Å². The Hall–Kier alpha value is -1.80. The van der Waals surface area contributed by atoms with E-state index in [4.69, 9.17) is 0 Å². The van der Waals surface area contributed by atoms with Gasteiger partial charge in [0.15, 0.2) is 0 Å². The van der Waals surface area contributed by atoms with Gasteiger partial charge in [-0.15, -0.1) is 0 Å². The quantitative estimate of drug-likeness (QED) is 0.725. The summed E-state index contributed by atoms with van der Waals surface area (Å²) < 4.78 is 1.12. The Morgan fingerprint density at radius 2 is 1.86 bits per heavy atom. The second-order valence-electron chi connectivity index (χ2n) is 5.25. The molecular weight excluding hydrogens is 322 g/mol. The van der Waals surface area contributed by atoms with Gasteiger partial charge in [-0.2, -0.15) is 0 Å². The van der Waals surface area contributed by atoms with Gasteiger partial charge in [-0.1, -0.05) is 58.4 Å². The molecule has 2 aromatic rings. The number of allylic oxidation sites excluding steroid dienone is 2. The molecule has 0 radical (unpaired) electrons. The molecule has 106 valence electrons. The Bertz CT molecular complexity index is 683. The molecule has 1 aliphatic heterocycles. The van der Waals surface area contributed by atoms with Crippen LogP contribution in [-0.4, -0.2) is 4.90 Å². The van der Waals surface area contributed by atoms with Crippen molar-refractivity contribution in [2.45, 2.75) is 19.9 Å².